The normalized spacial score (nSPS) is 14.3. The predicted molar refractivity (Wildman–Crippen MR) is 85.7 cm³/mol. The van der Waals surface area contributed by atoms with Crippen LogP contribution in [0, 0.1) is 5.92 Å². The first-order valence-corrected chi connectivity index (χ1v) is 7.48. The number of fused-ring (bicyclic) bond motifs is 1. The second-order valence-electron chi connectivity index (χ2n) is 5.53. The Kier molecular flexibility index (Phi) is 4.84. The lowest BCUT2D eigenvalue weighted by atomic mass is 9.97. The van der Waals surface area contributed by atoms with E-state index in [0.717, 1.165) is 5.92 Å². The molecule has 1 heteroatoms. The average molecular weight is 255 g/mol. The summed E-state index contributed by atoms with van der Waals surface area (Å²) in [6.45, 7) is 6.88. The van der Waals surface area contributed by atoms with Crippen LogP contribution in [0.25, 0.3) is 10.8 Å². The third-order valence-corrected chi connectivity index (χ3v) is 4.03. The van der Waals surface area contributed by atoms with E-state index >= 15 is 0 Å². The van der Waals surface area contributed by atoms with Crippen LogP contribution in [0.2, 0.25) is 0 Å². The van der Waals surface area contributed by atoms with Gasteiger partial charge in [0, 0.05) is 17.1 Å². The molecule has 0 heterocycles. The molecule has 0 aliphatic carbocycles. The van der Waals surface area contributed by atoms with E-state index in [1.54, 1.807) is 0 Å². The molecule has 2 unspecified atom stereocenters. The van der Waals surface area contributed by atoms with Crippen LogP contribution in [0.4, 0.5) is 5.69 Å². The monoisotopic (exact) mass is 255 g/mol. The Morgan fingerprint density at radius 1 is 0.947 bits per heavy atom. The van der Waals surface area contributed by atoms with Gasteiger partial charge in [0.25, 0.3) is 0 Å². The second kappa shape index (κ2) is 6.60. The zero-order valence-electron chi connectivity index (χ0n) is 12.3. The number of anilines is 1. The van der Waals surface area contributed by atoms with Gasteiger partial charge in [0.15, 0.2) is 0 Å². The highest BCUT2D eigenvalue weighted by atomic mass is 14.9. The fourth-order valence-electron chi connectivity index (χ4n) is 2.55. The highest BCUT2D eigenvalue weighted by Gasteiger charge is 2.11. The molecule has 0 radical (unpaired) electrons. The Hall–Kier alpha value is -1.50. The highest BCUT2D eigenvalue weighted by molar-refractivity contribution is 5.93. The van der Waals surface area contributed by atoms with Gasteiger partial charge in [-0.2, -0.15) is 0 Å². The van der Waals surface area contributed by atoms with E-state index in [2.05, 4.69) is 68.6 Å². The van der Waals surface area contributed by atoms with E-state index in [0.29, 0.717) is 6.04 Å². The molecule has 0 saturated carbocycles. The molecule has 102 valence electrons. The third-order valence-electron chi connectivity index (χ3n) is 4.03. The minimum atomic E-state index is 0.570. The van der Waals surface area contributed by atoms with Gasteiger partial charge in [-0.15, -0.1) is 0 Å². The molecule has 0 aliphatic heterocycles. The van der Waals surface area contributed by atoms with Gasteiger partial charge in [0.2, 0.25) is 0 Å². The number of nitrogens with one attached hydrogen (secondary N) is 1. The number of benzene rings is 2. The fourth-order valence-corrected chi connectivity index (χ4v) is 2.55. The van der Waals surface area contributed by atoms with Crippen LogP contribution in [0.15, 0.2) is 42.5 Å². The van der Waals surface area contributed by atoms with Gasteiger partial charge in [-0.25, -0.2) is 0 Å². The van der Waals surface area contributed by atoms with Crippen LogP contribution in [0.3, 0.4) is 0 Å². The number of rotatable bonds is 6. The molecule has 2 atom stereocenters. The molecular formula is C18H25N. The summed E-state index contributed by atoms with van der Waals surface area (Å²) in [6.07, 6.45) is 3.68. The van der Waals surface area contributed by atoms with E-state index in [-0.39, 0.29) is 0 Å². The average Bonchev–Trinajstić information content (AvgIpc) is 2.46. The summed E-state index contributed by atoms with van der Waals surface area (Å²) in [5, 5.41) is 6.37. The molecule has 0 amide bonds. The minimum Gasteiger partial charge on any atom is -0.382 e. The number of hydrogen-bond acceptors (Lipinski definition) is 1. The Morgan fingerprint density at radius 2 is 1.68 bits per heavy atom. The molecule has 0 fully saturated rings. The molecule has 2 rings (SSSR count). The number of hydrogen-bond donors (Lipinski definition) is 1. The Labute approximate surface area is 117 Å². The molecule has 0 spiro atoms. The summed E-state index contributed by atoms with van der Waals surface area (Å²) in [6, 6.07) is 15.7. The largest absolute Gasteiger partial charge is 0.382 e. The molecule has 2 aromatic carbocycles. The van der Waals surface area contributed by atoms with E-state index in [1.165, 1.54) is 35.7 Å². The lowest BCUT2D eigenvalue weighted by Gasteiger charge is -2.22. The molecule has 0 bridgehead atoms. The third kappa shape index (κ3) is 3.50. The van der Waals surface area contributed by atoms with Crippen molar-refractivity contribution in [2.75, 3.05) is 5.32 Å². The summed E-state index contributed by atoms with van der Waals surface area (Å²) in [7, 11) is 0. The zero-order valence-corrected chi connectivity index (χ0v) is 12.3. The van der Waals surface area contributed by atoms with Gasteiger partial charge >= 0.3 is 0 Å². The van der Waals surface area contributed by atoms with Gasteiger partial charge in [-0.3, -0.25) is 0 Å². The molecule has 1 N–H and O–H groups in total. The zero-order chi connectivity index (χ0) is 13.7. The van der Waals surface area contributed by atoms with Crippen LogP contribution in [-0.2, 0) is 0 Å². The lowest BCUT2D eigenvalue weighted by Crippen LogP contribution is -2.21. The maximum Gasteiger partial charge on any atom is 0.0422 e. The van der Waals surface area contributed by atoms with Gasteiger partial charge in [-0.05, 0) is 30.2 Å². The summed E-state index contributed by atoms with van der Waals surface area (Å²) in [5.41, 5.74) is 1.27. The molecule has 2 aromatic rings. The topological polar surface area (TPSA) is 12.0 Å². The molecule has 19 heavy (non-hydrogen) atoms. The van der Waals surface area contributed by atoms with Crippen molar-refractivity contribution in [2.45, 2.75) is 46.1 Å². The summed E-state index contributed by atoms with van der Waals surface area (Å²) in [4.78, 5) is 0. The molecule has 0 saturated heterocycles. The van der Waals surface area contributed by atoms with Crippen LogP contribution in [0.5, 0.6) is 0 Å². The quantitative estimate of drug-likeness (QED) is 0.722. The van der Waals surface area contributed by atoms with E-state index < -0.39 is 0 Å². The summed E-state index contributed by atoms with van der Waals surface area (Å²) < 4.78 is 0. The van der Waals surface area contributed by atoms with Gasteiger partial charge < -0.3 is 5.32 Å². The first-order valence-electron chi connectivity index (χ1n) is 7.48. The Balaban J connectivity index is 2.19. The first kappa shape index (κ1) is 13.9. The summed E-state index contributed by atoms with van der Waals surface area (Å²) >= 11 is 0. The van der Waals surface area contributed by atoms with Crippen molar-refractivity contribution in [1.29, 1.82) is 0 Å². The van der Waals surface area contributed by atoms with E-state index in [4.69, 9.17) is 0 Å². The van der Waals surface area contributed by atoms with Crippen molar-refractivity contribution in [2.24, 2.45) is 5.92 Å². The van der Waals surface area contributed by atoms with Crippen molar-refractivity contribution in [3.05, 3.63) is 42.5 Å². The van der Waals surface area contributed by atoms with Gasteiger partial charge in [-0.1, -0.05) is 63.6 Å². The Bertz CT molecular complexity index is 513. The summed E-state index contributed by atoms with van der Waals surface area (Å²) in [5.74, 6) is 0.785. The maximum atomic E-state index is 3.74. The predicted octanol–water partition coefficient (Wildman–Crippen LogP) is 5.47. The fraction of sp³-hybridized carbons (Fsp3) is 0.444. The van der Waals surface area contributed by atoms with Crippen molar-refractivity contribution >= 4 is 16.5 Å². The van der Waals surface area contributed by atoms with Crippen LogP contribution < -0.4 is 5.32 Å². The molecule has 1 nitrogen and oxygen atoms in total. The standard InChI is InChI=1S/C18H25N/c1-4-14(3)13-16(5-2)19-18-12-8-10-15-9-6-7-11-17(15)18/h6-12,14,16,19H,4-5,13H2,1-3H3. The van der Waals surface area contributed by atoms with Crippen molar-refractivity contribution < 1.29 is 0 Å². The molecular weight excluding hydrogens is 230 g/mol. The van der Waals surface area contributed by atoms with Crippen molar-refractivity contribution in [1.82, 2.24) is 0 Å². The van der Waals surface area contributed by atoms with Gasteiger partial charge in [0.05, 0.1) is 0 Å². The SMILES string of the molecule is CCC(C)CC(CC)Nc1cccc2ccccc12. The van der Waals surface area contributed by atoms with Gasteiger partial charge in [0.1, 0.15) is 0 Å². The Morgan fingerprint density at radius 3 is 2.42 bits per heavy atom. The highest BCUT2D eigenvalue weighted by Crippen LogP contribution is 2.25. The first-order chi connectivity index (χ1) is 9.24. The van der Waals surface area contributed by atoms with Crippen LogP contribution in [-0.4, -0.2) is 6.04 Å². The van der Waals surface area contributed by atoms with Crippen molar-refractivity contribution in [3.8, 4) is 0 Å². The maximum absolute atomic E-state index is 3.74. The van der Waals surface area contributed by atoms with E-state index in [9.17, 15) is 0 Å². The van der Waals surface area contributed by atoms with Crippen LogP contribution in [0.1, 0.15) is 40.0 Å². The lowest BCUT2D eigenvalue weighted by molar-refractivity contribution is 0.462. The second-order valence-corrected chi connectivity index (χ2v) is 5.53. The van der Waals surface area contributed by atoms with Crippen molar-refractivity contribution in [3.63, 3.8) is 0 Å². The molecule has 0 aromatic heterocycles. The molecule has 0 aliphatic rings. The smallest absolute Gasteiger partial charge is 0.0422 e. The minimum absolute atomic E-state index is 0.570. The van der Waals surface area contributed by atoms with Crippen LogP contribution >= 0.6 is 0 Å². The van der Waals surface area contributed by atoms with E-state index in [1.807, 2.05) is 0 Å².